The van der Waals surface area contributed by atoms with E-state index < -0.39 is 6.16 Å². The molecule has 5 rings (SSSR count). The van der Waals surface area contributed by atoms with Crippen molar-refractivity contribution in [1.29, 1.82) is 0 Å². The zero-order valence-corrected chi connectivity index (χ0v) is 24.5. The number of fused-ring (bicyclic) bond motifs is 1. The number of ether oxygens (including phenoxy) is 2. The highest BCUT2D eigenvalue weighted by Gasteiger charge is 2.19. The zero-order valence-electron chi connectivity index (χ0n) is 24.5. The van der Waals surface area contributed by atoms with Gasteiger partial charge in [0.2, 0.25) is 0 Å². The van der Waals surface area contributed by atoms with Gasteiger partial charge in [-0.15, -0.1) is 0 Å². The van der Waals surface area contributed by atoms with Crippen molar-refractivity contribution in [3.63, 3.8) is 0 Å². The number of hydrogen-bond acceptors (Lipinski definition) is 5. The number of urea groups is 1. The molecule has 1 saturated carbocycles. The number of amides is 2. The van der Waals surface area contributed by atoms with Crippen LogP contribution in [0.25, 0.3) is 22.2 Å². The maximum Gasteiger partial charge on any atom is 0.513 e. The van der Waals surface area contributed by atoms with Gasteiger partial charge in [0.15, 0.2) is 0 Å². The van der Waals surface area contributed by atoms with Crippen LogP contribution in [0.5, 0.6) is 5.75 Å². The Hall–Kier alpha value is -4.33. The van der Waals surface area contributed by atoms with Gasteiger partial charge in [-0.25, -0.2) is 14.6 Å². The molecule has 8 nitrogen and oxygen atoms in total. The van der Waals surface area contributed by atoms with E-state index in [1.54, 1.807) is 13.0 Å². The Morgan fingerprint density at radius 1 is 0.952 bits per heavy atom. The normalized spacial score (nSPS) is 13.6. The summed E-state index contributed by atoms with van der Waals surface area (Å²) < 4.78 is 12.6. The predicted molar refractivity (Wildman–Crippen MR) is 166 cm³/mol. The summed E-state index contributed by atoms with van der Waals surface area (Å²) in [5.41, 5.74) is 5.41. The summed E-state index contributed by atoms with van der Waals surface area (Å²) in [5.74, 6) is 1.46. The van der Waals surface area contributed by atoms with Crippen LogP contribution in [0.3, 0.4) is 0 Å². The third-order valence-corrected chi connectivity index (χ3v) is 7.74. The highest BCUT2D eigenvalue weighted by atomic mass is 16.7. The Balaban J connectivity index is 1.41. The number of hydrogen-bond donors (Lipinski definition) is 2. The van der Waals surface area contributed by atoms with Crippen LogP contribution in [-0.2, 0) is 17.7 Å². The van der Waals surface area contributed by atoms with Crippen LogP contribution in [0.15, 0.2) is 66.7 Å². The Labute approximate surface area is 247 Å². The van der Waals surface area contributed by atoms with Crippen LogP contribution < -0.4 is 15.4 Å². The molecule has 1 fully saturated rings. The van der Waals surface area contributed by atoms with Crippen LogP contribution in [0.2, 0.25) is 0 Å². The molecule has 4 aromatic rings. The third-order valence-electron chi connectivity index (χ3n) is 7.74. The van der Waals surface area contributed by atoms with Crippen molar-refractivity contribution < 1.29 is 19.1 Å². The minimum atomic E-state index is -0.718. The third kappa shape index (κ3) is 7.11. The summed E-state index contributed by atoms with van der Waals surface area (Å²) in [6.45, 7) is 4.78. The van der Waals surface area contributed by atoms with E-state index in [2.05, 4.69) is 34.3 Å². The molecule has 1 heterocycles. The topological polar surface area (TPSA) is 94.5 Å². The number of benzene rings is 3. The molecule has 0 aliphatic heterocycles. The van der Waals surface area contributed by atoms with Gasteiger partial charge in [-0.05, 0) is 55.5 Å². The fraction of sp³-hybridized carbons (Fsp3) is 0.382. The Morgan fingerprint density at radius 3 is 2.50 bits per heavy atom. The first-order valence-corrected chi connectivity index (χ1v) is 15.1. The van der Waals surface area contributed by atoms with Gasteiger partial charge in [0, 0.05) is 24.6 Å². The number of aromatic nitrogens is 2. The van der Waals surface area contributed by atoms with Gasteiger partial charge in [0.05, 0.1) is 23.3 Å². The monoisotopic (exact) mass is 568 g/mol. The van der Waals surface area contributed by atoms with E-state index in [4.69, 9.17) is 14.5 Å². The van der Waals surface area contributed by atoms with E-state index in [0.717, 1.165) is 84.2 Å². The molecule has 42 heavy (non-hydrogen) atoms. The average molecular weight is 569 g/mol. The number of unbranched alkanes of at least 4 members (excludes halogenated alkanes) is 1. The van der Waals surface area contributed by atoms with Crippen molar-refractivity contribution in [2.75, 3.05) is 11.9 Å². The van der Waals surface area contributed by atoms with E-state index in [9.17, 15) is 9.59 Å². The van der Waals surface area contributed by atoms with Gasteiger partial charge < -0.3 is 24.7 Å². The van der Waals surface area contributed by atoms with E-state index in [1.165, 1.54) is 6.42 Å². The largest absolute Gasteiger partial charge is 0.513 e. The van der Waals surface area contributed by atoms with Crippen molar-refractivity contribution in [3.8, 4) is 16.9 Å². The summed E-state index contributed by atoms with van der Waals surface area (Å²) in [4.78, 5) is 29.9. The van der Waals surface area contributed by atoms with Crippen molar-refractivity contribution >= 4 is 28.9 Å². The summed E-state index contributed by atoms with van der Waals surface area (Å²) in [6, 6.07) is 21.6. The number of carbonyl (C=O) groups excluding carboxylic acids is 2. The van der Waals surface area contributed by atoms with Crippen molar-refractivity contribution in [2.45, 2.75) is 77.8 Å². The number of rotatable bonds is 10. The fourth-order valence-corrected chi connectivity index (χ4v) is 5.62. The van der Waals surface area contributed by atoms with Gasteiger partial charge in [-0.1, -0.05) is 81.1 Å². The molecule has 0 saturated heterocycles. The van der Waals surface area contributed by atoms with Crippen LogP contribution in [0, 0.1) is 0 Å². The van der Waals surface area contributed by atoms with Crippen LogP contribution in [0.4, 0.5) is 15.3 Å². The Kier molecular flexibility index (Phi) is 9.74. The standard InChI is InChI=1S/C34H40N4O4/c1-3-5-18-31-36-28-15-11-16-29(37-33(39)35-26-12-7-6-8-13-26)32(28)38(31)23-24-19-21-25(22-20-24)27-14-9-10-17-30(27)42-34(40)41-4-2/h9-11,14-17,19-22,26H,3-8,12-13,18,23H2,1-2H3,(H2,35,37,39). The molecular weight excluding hydrogens is 528 g/mol. The molecule has 0 atom stereocenters. The maximum absolute atomic E-state index is 13.0. The summed E-state index contributed by atoms with van der Waals surface area (Å²) >= 11 is 0. The van der Waals surface area contributed by atoms with Crippen molar-refractivity contribution in [2.24, 2.45) is 0 Å². The second-order valence-corrected chi connectivity index (χ2v) is 10.8. The molecular formula is C34H40N4O4. The highest BCUT2D eigenvalue weighted by molar-refractivity contribution is 5.99. The molecule has 1 aromatic heterocycles. The minimum Gasteiger partial charge on any atom is -0.434 e. The molecule has 1 aliphatic carbocycles. The van der Waals surface area contributed by atoms with Gasteiger partial charge >= 0.3 is 12.2 Å². The lowest BCUT2D eigenvalue weighted by Crippen LogP contribution is -2.39. The molecule has 0 spiro atoms. The smallest absolute Gasteiger partial charge is 0.434 e. The molecule has 220 valence electrons. The maximum atomic E-state index is 13.0. The molecule has 2 amide bonds. The first-order chi connectivity index (χ1) is 20.6. The summed E-state index contributed by atoms with van der Waals surface area (Å²) in [5, 5.41) is 6.30. The van der Waals surface area contributed by atoms with Gasteiger partial charge in [0.1, 0.15) is 11.6 Å². The number of nitrogens with one attached hydrogen (secondary N) is 2. The molecule has 0 unspecified atom stereocenters. The molecule has 8 heteroatoms. The number of nitrogens with zero attached hydrogens (tertiary/aromatic N) is 2. The SMILES string of the molecule is CCCCc1nc2cccc(NC(=O)NC3CCCCC3)c2n1Cc1ccc(-c2ccccc2OC(=O)OCC)cc1. The predicted octanol–water partition coefficient (Wildman–Crippen LogP) is 8.08. The van der Waals surface area contributed by atoms with Crippen LogP contribution >= 0.6 is 0 Å². The second-order valence-electron chi connectivity index (χ2n) is 10.8. The van der Waals surface area contributed by atoms with Crippen molar-refractivity contribution in [3.05, 3.63) is 78.1 Å². The van der Waals surface area contributed by atoms with Crippen LogP contribution in [-0.4, -0.2) is 34.4 Å². The van der Waals surface area contributed by atoms with E-state index in [1.807, 2.05) is 48.5 Å². The summed E-state index contributed by atoms with van der Waals surface area (Å²) in [6.07, 6.45) is 7.88. The first kappa shape index (κ1) is 29.2. The average Bonchev–Trinajstić information content (AvgIpc) is 3.35. The number of aryl methyl sites for hydroxylation is 1. The molecule has 1 aliphatic rings. The lowest BCUT2D eigenvalue weighted by Gasteiger charge is -2.23. The van der Waals surface area contributed by atoms with Gasteiger partial charge in [-0.2, -0.15) is 0 Å². The lowest BCUT2D eigenvalue weighted by atomic mass is 9.96. The molecule has 3 aromatic carbocycles. The first-order valence-electron chi connectivity index (χ1n) is 15.1. The Bertz CT molecular complexity index is 1510. The Morgan fingerprint density at radius 2 is 1.74 bits per heavy atom. The number of anilines is 1. The minimum absolute atomic E-state index is 0.162. The zero-order chi connectivity index (χ0) is 29.3. The molecule has 0 bridgehead atoms. The highest BCUT2D eigenvalue weighted by Crippen LogP contribution is 2.31. The lowest BCUT2D eigenvalue weighted by molar-refractivity contribution is 0.104. The quantitative estimate of drug-likeness (QED) is 0.149. The second kappa shape index (κ2) is 14.0. The van der Waals surface area contributed by atoms with Gasteiger partial charge in [0.25, 0.3) is 0 Å². The van der Waals surface area contributed by atoms with Crippen LogP contribution in [0.1, 0.15) is 70.2 Å². The van der Waals surface area contributed by atoms with Crippen molar-refractivity contribution in [1.82, 2.24) is 14.9 Å². The number of carbonyl (C=O) groups is 2. The van der Waals surface area contributed by atoms with E-state index in [0.29, 0.717) is 12.3 Å². The van der Waals surface area contributed by atoms with E-state index >= 15 is 0 Å². The molecule has 2 N–H and O–H groups in total. The fourth-order valence-electron chi connectivity index (χ4n) is 5.62. The molecule has 0 radical (unpaired) electrons. The van der Waals surface area contributed by atoms with E-state index in [-0.39, 0.29) is 18.7 Å². The number of imidazole rings is 1. The summed E-state index contributed by atoms with van der Waals surface area (Å²) in [7, 11) is 0. The van der Waals surface area contributed by atoms with Gasteiger partial charge in [-0.3, -0.25) is 0 Å². The number of para-hydroxylation sites is 2.